The number of benzene rings is 1. The molecule has 92 valence electrons. The molecule has 7 heteroatoms. The van der Waals surface area contributed by atoms with E-state index in [9.17, 15) is 13.2 Å². The van der Waals surface area contributed by atoms with Crippen LogP contribution in [0.1, 0.15) is 23.2 Å². The van der Waals surface area contributed by atoms with Crippen molar-refractivity contribution in [3.63, 3.8) is 0 Å². The number of amides is 1. The number of para-hydroxylation sites is 1. The topological polar surface area (TPSA) is 112 Å². The molecule has 6 nitrogen and oxygen atoms in total. The minimum atomic E-state index is -3.94. The molecule has 0 atom stereocenters. The van der Waals surface area contributed by atoms with Gasteiger partial charge in [0.2, 0.25) is 10.0 Å². The molecule has 0 aromatic heterocycles. The molecular weight excluding hydrogens is 244 g/mol. The first kappa shape index (κ1) is 11.9. The fourth-order valence-corrected chi connectivity index (χ4v) is 2.09. The summed E-state index contributed by atoms with van der Waals surface area (Å²) in [5.41, 5.74) is 5.20. The van der Waals surface area contributed by atoms with E-state index >= 15 is 0 Å². The minimum absolute atomic E-state index is 0.0309. The average molecular weight is 256 g/mol. The number of rotatable bonds is 4. The van der Waals surface area contributed by atoms with Crippen LogP contribution in [0.25, 0.3) is 0 Å². The SMILES string of the molecule is NC(=O)c1cccc(S(N)(=O)=O)c1OC1CC1. The molecule has 4 N–H and O–H groups in total. The third-order valence-electron chi connectivity index (χ3n) is 2.36. The monoisotopic (exact) mass is 256 g/mol. The maximum atomic E-state index is 11.4. The molecule has 0 bridgehead atoms. The van der Waals surface area contributed by atoms with E-state index < -0.39 is 15.9 Å². The summed E-state index contributed by atoms with van der Waals surface area (Å²) in [6.45, 7) is 0. The molecule has 1 aliphatic rings. The number of primary amides is 1. The highest BCUT2D eigenvalue weighted by Crippen LogP contribution is 2.33. The molecule has 0 saturated heterocycles. The standard InChI is InChI=1S/C10H12N2O4S/c11-10(13)7-2-1-3-8(17(12,14)15)9(7)16-6-4-5-6/h1-3,6H,4-5H2,(H2,11,13)(H2,12,14,15). The van der Waals surface area contributed by atoms with Gasteiger partial charge in [0, 0.05) is 0 Å². The summed E-state index contributed by atoms with van der Waals surface area (Å²) in [5, 5.41) is 5.06. The number of nitrogens with two attached hydrogens (primary N) is 2. The molecule has 1 amide bonds. The van der Waals surface area contributed by atoms with Crippen molar-refractivity contribution >= 4 is 15.9 Å². The van der Waals surface area contributed by atoms with Crippen LogP contribution < -0.4 is 15.6 Å². The second-order valence-electron chi connectivity index (χ2n) is 3.86. The van der Waals surface area contributed by atoms with Crippen LogP contribution >= 0.6 is 0 Å². The second-order valence-corrected chi connectivity index (χ2v) is 5.39. The lowest BCUT2D eigenvalue weighted by molar-refractivity contribution is 0.0995. The van der Waals surface area contributed by atoms with Crippen LogP contribution in [0, 0.1) is 0 Å². The highest BCUT2D eigenvalue weighted by molar-refractivity contribution is 7.89. The number of primary sulfonamides is 1. The summed E-state index contributed by atoms with van der Waals surface area (Å²) < 4.78 is 28.2. The highest BCUT2D eigenvalue weighted by Gasteiger charge is 2.29. The number of sulfonamides is 1. The van der Waals surface area contributed by atoms with Crippen molar-refractivity contribution in [1.29, 1.82) is 0 Å². The Bertz CT molecular complexity index is 564. The van der Waals surface area contributed by atoms with Crippen LogP contribution in [0.4, 0.5) is 0 Å². The van der Waals surface area contributed by atoms with Crippen molar-refractivity contribution in [2.75, 3.05) is 0 Å². The first-order chi connectivity index (χ1) is 7.89. The summed E-state index contributed by atoms with van der Waals surface area (Å²) in [7, 11) is -3.94. The highest BCUT2D eigenvalue weighted by atomic mass is 32.2. The van der Waals surface area contributed by atoms with Crippen molar-refractivity contribution in [2.45, 2.75) is 23.8 Å². The fourth-order valence-electron chi connectivity index (χ4n) is 1.41. The number of carbonyl (C=O) groups is 1. The average Bonchev–Trinajstić information content (AvgIpc) is 3.00. The molecular formula is C10H12N2O4S. The maximum absolute atomic E-state index is 11.4. The van der Waals surface area contributed by atoms with E-state index in [0.717, 1.165) is 12.8 Å². The summed E-state index contributed by atoms with van der Waals surface area (Å²) in [6, 6.07) is 4.10. The summed E-state index contributed by atoms with van der Waals surface area (Å²) in [6.07, 6.45) is 1.60. The Morgan fingerprint density at radius 1 is 1.35 bits per heavy atom. The van der Waals surface area contributed by atoms with Gasteiger partial charge in [-0.1, -0.05) is 6.07 Å². The summed E-state index contributed by atoms with van der Waals surface area (Å²) in [4.78, 5) is 11.0. The Morgan fingerprint density at radius 2 is 2.00 bits per heavy atom. The number of carbonyl (C=O) groups excluding carboxylic acids is 1. The molecule has 2 rings (SSSR count). The van der Waals surface area contributed by atoms with Gasteiger partial charge in [0.05, 0.1) is 11.7 Å². The fraction of sp³-hybridized carbons (Fsp3) is 0.300. The maximum Gasteiger partial charge on any atom is 0.252 e. The Kier molecular flexibility index (Phi) is 2.80. The van der Waals surface area contributed by atoms with E-state index in [0.29, 0.717) is 0 Å². The number of ether oxygens (including phenoxy) is 1. The summed E-state index contributed by atoms with van der Waals surface area (Å²) >= 11 is 0. The minimum Gasteiger partial charge on any atom is -0.488 e. The van der Waals surface area contributed by atoms with Gasteiger partial charge in [-0.05, 0) is 25.0 Å². The van der Waals surface area contributed by atoms with Crippen LogP contribution in [0.2, 0.25) is 0 Å². The van der Waals surface area contributed by atoms with Crippen LogP contribution in [0.3, 0.4) is 0 Å². The van der Waals surface area contributed by atoms with Crippen molar-refractivity contribution in [3.8, 4) is 5.75 Å². The van der Waals surface area contributed by atoms with E-state index in [2.05, 4.69) is 0 Å². The molecule has 1 saturated carbocycles. The van der Waals surface area contributed by atoms with Gasteiger partial charge in [0.1, 0.15) is 4.90 Å². The van der Waals surface area contributed by atoms with Gasteiger partial charge in [-0.15, -0.1) is 0 Å². The Hall–Kier alpha value is -1.60. The zero-order valence-electron chi connectivity index (χ0n) is 8.92. The lowest BCUT2D eigenvalue weighted by Gasteiger charge is -2.12. The largest absolute Gasteiger partial charge is 0.488 e. The van der Waals surface area contributed by atoms with Crippen LogP contribution in [0.5, 0.6) is 5.75 Å². The van der Waals surface area contributed by atoms with Gasteiger partial charge < -0.3 is 10.5 Å². The van der Waals surface area contributed by atoms with E-state index in [1.165, 1.54) is 18.2 Å². The number of hydrogen-bond acceptors (Lipinski definition) is 4. The van der Waals surface area contributed by atoms with E-state index in [4.69, 9.17) is 15.6 Å². The Morgan fingerprint density at radius 3 is 2.47 bits per heavy atom. The smallest absolute Gasteiger partial charge is 0.252 e. The first-order valence-corrected chi connectivity index (χ1v) is 6.56. The molecule has 17 heavy (non-hydrogen) atoms. The van der Waals surface area contributed by atoms with Gasteiger partial charge in [0.25, 0.3) is 5.91 Å². The molecule has 0 unspecified atom stereocenters. The van der Waals surface area contributed by atoms with Crippen molar-refractivity contribution < 1.29 is 17.9 Å². The molecule has 0 heterocycles. The van der Waals surface area contributed by atoms with Gasteiger partial charge in [-0.25, -0.2) is 13.6 Å². The van der Waals surface area contributed by atoms with E-state index in [1.807, 2.05) is 0 Å². The Balaban J connectivity index is 2.57. The third kappa shape index (κ3) is 2.56. The second kappa shape index (κ2) is 4.01. The normalized spacial score (nSPS) is 15.6. The van der Waals surface area contributed by atoms with Crippen molar-refractivity contribution in [2.24, 2.45) is 10.9 Å². The van der Waals surface area contributed by atoms with Gasteiger partial charge >= 0.3 is 0 Å². The lowest BCUT2D eigenvalue weighted by atomic mass is 10.2. The van der Waals surface area contributed by atoms with Gasteiger partial charge in [-0.3, -0.25) is 4.79 Å². The first-order valence-electron chi connectivity index (χ1n) is 5.02. The zero-order chi connectivity index (χ0) is 12.6. The van der Waals surface area contributed by atoms with Crippen molar-refractivity contribution in [1.82, 2.24) is 0 Å². The van der Waals surface area contributed by atoms with E-state index in [1.54, 1.807) is 0 Å². The van der Waals surface area contributed by atoms with E-state index in [-0.39, 0.29) is 22.3 Å². The summed E-state index contributed by atoms with van der Waals surface area (Å²) in [5.74, 6) is -0.781. The van der Waals surface area contributed by atoms with Crippen molar-refractivity contribution in [3.05, 3.63) is 23.8 Å². The predicted octanol–water partition coefficient (Wildman–Crippen LogP) is -0.0259. The molecule has 1 fully saturated rings. The molecule has 0 spiro atoms. The van der Waals surface area contributed by atoms with Crippen LogP contribution in [-0.4, -0.2) is 20.4 Å². The van der Waals surface area contributed by atoms with Crippen LogP contribution in [0.15, 0.2) is 23.1 Å². The van der Waals surface area contributed by atoms with Gasteiger partial charge in [0.15, 0.2) is 5.75 Å². The van der Waals surface area contributed by atoms with Crippen LogP contribution in [-0.2, 0) is 10.0 Å². The quantitative estimate of drug-likeness (QED) is 0.787. The lowest BCUT2D eigenvalue weighted by Crippen LogP contribution is -2.19. The predicted molar refractivity (Wildman–Crippen MR) is 60.0 cm³/mol. The molecule has 0 radical (unpaired) electrons. The molecule has 1 aromatic carbocycles. The zero-order valence-corrected chi connectivity index (χ0v) is 9.74. The molecule has 0 aliphatic heterocycles. The molecule has 1 aromatic rings. The Labute approximate surface area is 98.6 Å². The molecule has 1 aliphatic carbocycles. The third-order valence-corrected chi connectivity index (χ3v) is 3.29. The van der Waals surface area contributed by atoms with Gasteiger partial charge in [-0.2, -0.15) is 0 Å². The number of hydrogen-bond donors (Lipinski definition) is 2.